The van der Waals surface area contributed by atoms with Gasteiger partial charge in [0.05, 0.1) is 0 Å². The molecule has 0 aliphatic carbocycles. The van der Waals surface area contributed by atoms with Crippen LogP contribution in [-0.2, 0) is 6.42 Å². The Balaban J connectivity index is 2.04. The molecule has 0 bridgehead atoms. The van der Waals surface area contributed by atoms with Gasteiger partial charge in [0.1, 0.15) is 0 Å². The van der Waals surface area contributed by atoms with Crippen LogP contribution in [0.3, 0.4) is 0 Å². The maximum atomic E-state index is 3.78. The summed E-state index contributed by atoms with van der Waals surface area (Å²) in [5.41, 5.74) is 1.44. The largest absolute Gasteiger partial charge is 0.311 e. The van der Waals surface area contributed by atoms with Gasteiger partial charge in [0, 0.05) is 31.2 Å². The van der Waals surface area contributed by atoms with Crippen molar-refractivity contribution in [1.82, 2.24) is 10.2 Å². The molecule has 1 saturated heterocycles. The molecule has 0 saturated carbocycles. The van der Waals surface area contributed by atoms with E-state index in [1.54, 1.807) is 0 Å². The van der Waals surface area contributed by atoms with E-state index >= 15 is 0 Å². The summed E-state index contributed by atoms with van der Waals surface area (Å²) in [6.07, 6.45) is 1.13. The SMILES string of the molecule is CC(C)C(C)N1CC(Cc2ccccc2)NCC1C(C)C. The number of rotatable bonds is 5. The molecule has 1 aliphatic heterocycles. The van der Waals surface area contributed by atoms with Crippen LogP contribution in [0.25, 0.3) is 0 Å². The Labute approximate surface area is 130 Å². The van der Waals surface area contributed by atoms with Crippen molar-refractivity contribution >= 4 is 0 Å². The van der Waals surface area contributed by atoms with Crippen molar-refractivity contribution in [2.75, 3.05) is 13.1 Å². The van der Waals surface area contributed by atoms with Gasteiger partial charge in [-0.05, 0) is 30.7 Å². The first-order chi connectivity index (χ1) is 9.99. The predicted molar refractivity (Wildman–Crippen MR) is 91.6 cm³/mol. The van der Waals surface area contributed by atoms with Crippen molar-refractivity contribution in [1.29, 1.82) is 0 Å². The van der Waals surface area contributed by atoms with E-state index in [1.807, 2.05) is 0 Å². The zero-order valence-corrected chi connectivity index (χ0v) is 14.3. The van der Waals surface area contributed by atoms with Crippen molar-refractivity contribution in [3.8, 4) is 0 Å². The van der Waals surface area contributed by atoms with E-state index in [4.69, 9.17) is 0 Å². The van der Waals surface area contributed by atoms with Gasteiger partial charge in [-0.25, -0.2) is 0 Å². The van der Waals surface area contributed by atoms with E-state index in [0.717, 1.165) is 19.5 Å². The number of piperazine rings is 1. The van der Waals surface area contributed by atoms with Crippen LogP contribution in [0.4, 0.5) is 0 Å². The van der Waals surface area contributed by atoms with Gasteiger partial charge in [0.15, 0.2) is 0 Å². The number of nitrogens with one attached hydrogen (secondary N) is 1. The van der Waals surface area contributed by atoms with Gasteiger partial charge in [-0.2, -0.15) is 0 Å². The fourth-order valence-corrected chi connectivity index (χ4v) is 3.36. The normalized spacial score (nSPS) is 25.5. The highest BCUT2D eigenvalue weighted by Gasteiger charge is 2.33. The summed E-state index contributed by atoms with van der Waals surface area (Å²) in [7, 11) is 0. The Kier molecular flexibility index (Phi) is 5.83. The van der Waals surface area contributed by atoms with E-state index in [9.17, 15) is 0 Å². The summed E-state index contributed by atoms with van der Waals surface area (Å²) in [6.45, 7) is 14.1. The number of hydrogen-bond acceptors (Lipinski definition) is 2. The zero-order chi connectivity index (χ0) is 15.4. The first kappa shape index (κ1) is 16.5. The highest BCUT2D eigenvalue weighted by molar-refractivity contribution is 5.16. The Morgan fingerprint density at radius 1 is 1.10 bits per heavy atom. The second-order valence-corrected chi connectivity index (χ2v) is 7.29. The average Bonchev–Trinajstić information content (AvgIpc) is 2.47. The van der Waals surface area contributed by atoms with Gasteiger partial charge < -0.3 is 5.32 Å². The molecule has 1 aromatic carbocycles. The molecule has 2 nitrogen and oxygen atoms in total. The first-order valence-corrected chi connectivity index (χ1v) is 8.52. The molecule has 3 unspecified atom stereocenters. The molecule has 1 heterocycles. The molecule has 2 rings (SSSR count). The molecule has 1 fully saturated rings. The molecule has 1 aliphatic rings. The molecule has 2 heteroatoms. The van der Waals surface area contributed by atoms with Crippen molar-refractivity contribution in [3.63, 3.8) is 0 Å². The van der Waals surface area contributed by atoms with E-state index in [2.05, 4.69) is 75.2 Å². The van der Waals surface area contributed by atoms with Crippen LogP contribution in [0.15, 0.2) is 30.3 Å². The quantitative estimate of drug-likeness (QED) is 0.891. The summed E-state index contributed by atoms with van der Waals surface area (Å²) < 4.78 is 0. The van der Waals surface area contributed by atoms with Gasteiger partial charge >= 0.3 is 0 Å². The van der Waals surface area contributed by atoms with Crippen molar-refractivity contribution < 1.29 is 0 Å². The molecule has 118 valence electrons. The van der Waals surface area contributed by atoms with Gasteiger partial charge in [-0.1, -0.05) is 58.0 Å². The van der Waals surface area contributed by atoms with E-state index in [-0.39, 0.29) is 0 Å². The molecule has 0 amide bonds. The molecule has 21 heavy (non-hydrogen) atoms. The lowest BCUT2D eigenvalue weighted by Crippen LogP contribution is -2.61. The number of hydrogen-bond donors (Lipinski definition) is 1. The molecule has 1 N–H and O–H groups in total. The molecule has 3 atom stereocenters. The third-order valence-electron chi connectivity index (χ3n) is 5.06. The average molecular weight is 288 g/mol. The van der Waals surface area contributed by atoms with Gasteiger partial charge in [-0.3, -0.25) is 4.90 Å². The molecular weight excluding hydrogens is 256 g/mol. The highest BCUT2D eigenvalue weighted by atomic mass is 15.3. The van der Waals surface area contributed by atoms with E-state index in [0.29, 0.717) is 30.0 Å². The maximum absolute atomic E-state index is 3.78. The van der Waals surface area contributed by atoms with Crippen molar-refractivity contribution in [2.45, 2.75) is 59.2 Å². The minimum Gasteiger partial charge on any atom is -0.311 e. The lowest BCUT2D eigenvalue weighted by molar-refractivity contribution is 0.0439. The van der Waals surface area contributed by atoms with Crippen molar-refractivity contribution in [3.05, 3.63) is 35.9 Å². The Morgan fingerprint density at radius 3 is 2.33 bits per heavy atom. The molecular formula is C19H32N2. The number of benzene rings is 1. The molecule has 0 radical (unpaired) electrons. The minimum absolute atomic E-state index is 0.573. The highest BCUT2D eigenvalue weighted by Crippen LogP contribution is 2.23. The van der Waals surface area contributed by atoms with Crippen molar-refractivity contribution in [2.24, 2.45) is 11.8 Å². The smallest absolute Gasteiger partial charge is 0.0247 e. The Hall–Kier alpha value is -0.860. The number of nitrogens with zero attached hydrogens (tertiary/aromatic N) is 1. The summed E-state index contributed by atoms with van der Waals surface area (Å²) in [5.74, 6) is 1.41. The third kappa shape index (κ3) is 4.31. The van der Waals surface area contributed by atoms with E-state index < -0.39 is 0 Å². The van der Waals surface area contributed by atoms with Crippen LogP contribution in [0.1, 0.15) is 40.2 Å². The summed E-state index contributed by atoms with van der Waals surface area (Å²) >= 11 is 0. The second-order valence-electron chi connectivity index (χ2n) is 7.29. The summed E-state index contributed by atoms with van der Waals surface area (Å²) in [6, 6.07) is 12.8. The Bertz CT molecular complexity index is 413. The summed E-state index contributed by atoms with van der Waals surface area (Å²) in [4.78, 5) is 2.75. The second kappa shape index (κ2) is 7.42. The standard InChI is InChI=1S/C19H32N2/c1-14(2)16(5)21-13-18(20-12-19(21)15(3)4)11-17-9-7-6-8-10-17/h6-10,14-16,18-20H,11-13H2,1-5H3. The molecule has 1 aromatic rings. The predicted octanol–water partition coefficient (Wildman–Crippen LogP) is 3.57. The zero-order valence-electron chi connectivity index (χ0n) is 14.3. The maximum Gasteiger partial charge on any atom is 0.0247 e. The minimum atomic E-state index is 0.573. The fourth-order valence-electron chi connectivity index (χ4n) is 3.36. The van der Waals surface area contributed by atoms with E-state index in [1.165, 1.54) is 5.56 Å². The van der Waals surface area contributed by atoms with Crippen LogP contribution < -0.4 is 5.32 Å². The summed E-state index contributed by atoms with van der Waals surface area (Å²) in [5, 5.41) is 3.78. The Morgan fingerprint density at radius 2 is 1.76 bits per heavy atom. The van der Waals surface area contributed by atoms with Crippen LogP contribution in [0.2, 0.25) is 0 Å². The van der Waals surface area contributed by atoms with Crippen LogP contribution in [-0.4, -0.2) is 36.1 Å². The van der Waals surface area contributed by atoms with Crippen LogP contribution >= 0.6 is 0 Å². The lowest BCUT2D eigenvalue weighted by atomic mass is 9.92. The monoisotopic (exact) mass is 288 g/mol. The van der Waals surface area contributed by atoms with Crippen LogP contribution in [0, 0.1) is 11.8 Å². The lowest BCUT2D eigenvalue weighted by Gasteiger charge is -2.46. The van der Waals surface area contributed by atoms with Gasteiger partial charge in [0.2, 0.25) is 0 Å². The van der Waals surface area contributed by atoms with Gasteiger partial charge in [0.25, 0.3) is 0 Å². The van der Waals surface area contributed by atoms with Gasteiger partial charge in [-0.15, -0.1) is 0 Å². The molecule has 0 spiro atoms. The molecule has 0 aromatic heterocycles. The topological polar surface area (TPSA) is 15.3 Å². The van der Waals surface area contributed by atoms with Crippen LogP contribution in [0.5, 0.6) is 0 Å². The fraction of sp³-hybridized carbons (Fsp3) is 0.684. The first-order valence-electron chi connectivity index (χ1n) is 8.52. The third-order valence-corrected chi connectivity index (χ3v) is 5.06.